The van der Waals surface area contributed by atoms with Gasteiger partial charge in [0.1, 0.15) is 24.2 Å². The molecule has 0 radical (unpaired) electrons. The fourth-order valence-electron chi connectivity index (χ4n) is 6.27. The van der Waals surface area contributed by atoms with E-state index >= 15 is 0 Å². The Morgan fingerprint density at radius 3 is 2.09 bits per heavy atom. The number of H-pyrrole nitrogens is 1. The van der Waals surface area contributed by atoms with Gasteiger partial charge in [0, 0.05) is 46.7 Å². The maximum atomic E-state index is 12.2. The average Bonchev–Trinajstić information content (AvgIpc) is 3.42. The minimum absolute atomic E-state index is 0.297. The van der Waals surface area contributed by atoms with E-state index in [1.807, 2.05) is 6.07 Å². The molecule has 1 aromatic carbocycles. The number of aromatic nitrogens is 1. The Bertz CT molecular complexity index is 1540. The van der Waals surface area contributed by atoms with Crippen molar-refractivity contribution in [1.29, 1.82) is 0 Å². The zero-order valence-corrected chi connectivity index (χ0v) is 28.9. The second-order valence-electron chi connectivity index (χ2n) is 11.5. The van der Waals surface area contributed by atoms with Gasteiger partial charge in [-0.05, 0) is 68.5 Å². The summed E-state index contributed by atoms with van der Waals surface area (Å²) >= 11 is 7.33. The number of halogens is 2. The molecule has 2 aliphatic carbocycles. The van der Waals surface area contributed by atoms with E-state index in [0.717, 1.165) is 44.0 Å². The van der Waals surface area contributed by atoms with Crippen molar-refractivity contribution in [2.45, 2.75) is 84.1 Å². The molecule has 46 heavy (non-hydrogen) atoms. The molecule has 0 spiro atoms. The number of esters is 4. The summed E-state index contributed by atoms with van der Waals surface area (Å²) in [7, 11) is 0. The molecule has 5 rings (SSSR count). The van der Waals surface area contributed by atoms with Gasteiger partial charge in [0.25, 0.3) is 0 Å². The summed E-state index contributed by atoms with van der Waals surface area (Å²) in [4.78, 5) is 51.3. The smallest absolute Gasteiger partial charge is 0.303 e. The minimum Gasteiger partial charge on any atom is -0.491 e. The van der Waals surface area contributed by atoms with Gasteiger partial charge in [-0.2, -0.15) is 0 Å². The molecule has 1 saturated heterocycles. The number of fused-ring (bicyclic) bond motifs is 2. The number of carbonyl (C=O) groups excluding carboxylic acids is 4. The summed E-state index contributed by atoms with van der Waals surface area (Å²) in [6.45, 7) is 4.88. The van der Waals surface area contributed by atoms with Crippen LogP contribution in [-0.4, -0.2) is 72.8 Å². The van der Waals surface area contributed by atoms with Crippen LogP contribution in [0.1, 0.15) is 53.4 Å². The lowest BCUT2D eigenvalue weighted by atomic mass is 9.98. The van der Waals surface area contributed by atoms with Crippen LogP contribution in [0.4, 0.5) is 0 Å². The highest BCUT2D eigenvalue weighted by atomic mass is 79.9. The highest BCUT2D eigenvalue weighted by Crippen LogP contribution is 2.53. The molecule has 8 atom stereocenters. The fraction of sp³-hybridized carbons (Fsp3) is 0.562. The van der Waals surface area contributed by atoms with Crippen molar-refractivity contribution in [3.8, 4) is 23.3 Å². The summed E-state index contributed by atoms with van der Waals surface area (Å²) in [6, 6.07) is 1.86. The highest BCUT2D eigenvalue weighted by molar-refractivity contribution is 9.11. The van der Waals surface area contributed by atoms with E-state index in [1.54, 1.807) is 6.20 Å². The third kappa shape index (κ3) is 7.81. The zero-order chi connectivity index (χ0) is 33.1. The number of hydrogen-bond acceptors (Lipinski definition) is 11. The molecule has 3 aliphatic rings. The molecular weight excluding hydrogens is 734 g/mol. The summed E-state index contributed by atoms with van der Waals surface area (Å²) in [5.41, 5.74) is 0.692. The summed E-state index contributed by atoms with van der Waals surface area (Å²) in [5.74, 6) is 6.25. The Hall–Kier alpha value is -3.28. The monoisotopic (exact) mass is 767 g/mol. The van der Waals surface area contributed by atoms with Gasteiger partial charge in [-0.25, -0.2) is 0 Å². The molecular formula is C32H35Br2NO11. The Morgan fingerprint density at radius 1 is 0.870 bits per heavy atom. The van der Waals surface area contributed by atoms with Crippen molar-refractivity contribution < 1.29 is 52.3 Å². The van der Waals surface area contributed by atoms with Crippen LogP contribution >= 0.6 is 31.9 Å². The SMILES string of the molecule is CC(=O)OC[C@H]1O[C@@H](Oc2c[nH]c3cc(Br)c(OCC4[C@H]5CCC#CCC[C@@H]45)c(Br)c23)[C@H](OC(C)=O)[C@@H](OC(C)=O)[C@@H]1OC(C)=O. The molecule has 0 bridgehead atoms. The van der Waals surface area contributed by atoms with Gasteiger partial charge < -0.3 is 38.1 Å². The molecule has 2 aromatic rings. The quantitative estimate of drug-likeness (QED) is 0.198. The minimum atomic E-state index is -1.38. The number of hydrogen-bond donors (Lipinski definition) is 1. The van der Waals surface area contributed by atoms with Gasteiger partial charge in [-0.15, -0.1) is 11.8 Å². The summed E-state index contributed by atoms with van der Waals surface area (Å²) in [5, 5.41) is 0.612. The van der Waals surface area contributed by atoms with E-state index in [2.05, 4.69) is 48.7 Å². The number of benzene rings is 1. The van der Waals surface area contributed by atoms with Crippen LogP contribution < -0.4 is 9.47 Å². The maximum absolute atomic E-state index is 12.2. The van der Waals surface area contributed by atoms with E-state index in [9.17, 15) is 19.2 Å². The third-order valence-corrected chi connectivity index (χ3v) is 9.58. The van der Waals surface area contributed by atoms with Crippen LogP contribution in [-0.2, 0) is 42.9 Å². The van der Waals surface area contributed by atoms with Crippen LogP contribution in [0.3, 0.4) is 0 Å². The van der Waals surface area contributed by atoms with Crippen LogP contribution in [0.5, 0.6) is 11.5 Å². The highest BCUT2D eigenvalue weighted by Gasteiger charge is 2.54. The summed E-state index contributed by atoms with van der Waals surface area (Å²) in [6.07, 6.45) is -0.944. The second-order valence-corrected chi connectivity index (χ2v) is 13.1. The molecule has 1 saturated carbocycles. The van der Waals surface area contributed by atoms with E-state index < -0.39 is 54.6 Å². The van der Waals surface area contributed by atoms with Crippen LogP contribution in [0, 0.1) is 29.6 Å². The standard InChI is InChI=1S/C32H35Br2NO11/c1-15(36)40-14-25-29(42-16(2)37)30(43-17(3)38)31(44-18(4)39)32(46-25)45-24-12-35-23-11-22(33)28(27(34)26(23)24)41-13-21-19-9-7-5-6-8-10-20(19)21/h11-12,19-21,25,29-32,35H,7-10,13-14H2,1-4H3/t19-,20+,21?,25-,29-,30+,31-,32-/m1/s1. The van der Waals surface area contributed by atoms with Crippen LogP contribution in [0.25, 0.3) is 10.9 Å². The fourth-order valence-corrected chi connectivity index (χ4v) is 7.81. The molecule has 2 fully saturated rings. The van der Waals surface area contributed by atoms with Crippen molar-refractivity contribution in [3.63, 3.8) is 0 Å². The van der Waals surface area contributed by atoms with Crippen molar-refractivity contribution in [2.24, 2.45) is 17.8 Å². The first-order valence-corrected chi connectivity index (χ1v) is 16.6. The molecule has 1 aromatic heterocycles. The Labute approximate surface area is 282 Å². The number of nitrogens with one attached hydrogen (secondary N) is 1. The van der Waals surface area contributed by atoms with Gasteiger partial charge in [0.15, 0.2) is 12.2 Å². The molecule has 14 heteroatoms. The van der Waals surface area contributed by atoms with Crippen molar-refractivity contribution in [2.75, 3.05) is 13.2 Å². The van der Waals surface area contributed by atoms with Gasteiger partial charge in [0.05, 0.1) is 26.5 Å². The zero-order valence-electron chi connectivity index (χ0n) is 25.8. The molecule has 1 unspecified atom stereocenters. The molecule has 12 nitrogen and oxygen atoms in total. The molecule has 1 aliphatic heterocycles. The Morgan fingerprint density at radius 2 is 1.48 bits per heavy atom. The average molecular weight is 769 g/mol. The van der Waals surface area contributed by atoms with E-state index in [4.69, 9.17) is 33.2 Å². The van der Waals surface area contributed by atoms with Gasteiger partial charge >= 0.3 is 23.9 Å². The number of carbonyl (C=O) groups is 4. The predicted molar refractivity (Wildman–Crippen MR) is 168 cm³/mol. The second kappa shape index (κ2) is 14.6. The Kier molecular flexibility index (Phi) is 10.8. The van der Waals surface area contributed by atoms with Gasteiger partial charge in [-0.3, -0.25) is 19.2 Å². The van der Waals surface area contributed by atoms with Crippen molar-refractivity contribution >= 4 is 66.6 Å². The first kappa shape index (κ1) is 34.1. The lowest BCUT2D eigenvalue weighted by molar-refractivity contribution is -0.288. The topological polar surface area (TPSA) is 149 Å². The van der Waals surface area contributed by atoms with Gasteiger partial charge in [0.2, 0.25) is 12.4 Å². The first-order valence-electron chi connectivity index (χ1n) is 15.0. The molecule has 0 amide bonds. The number of ether oxygens (including phenoxy) is 7. The van der Waals surface area contributed by atoms with Crippen molar-refractivity contribution in [1.82, 2.24) is 4.98 Å². The van der Waals surface area contributed by atoms with E-state index in [0.29, 0.717) is 51.2 Å². The largest absolute Gasteiger partial charge is 0.491 e. The molecule has 248 valence electrons. The maximum Gasteiger partial charge on any atom is 0.303 e. The summed E-state index contributed by atoms with van der Waals surface area (Å²) < 4.78 is 41.9. The lowest BCUT2D eigenvalue weighted by Crippen LogP contribution is -2.63. The number of rotatable bonds is 10. The van der Waals surface area contributed by atoms with E-state index in [1.165, 1.54) is 13.8 Å². The van der Waals surface area contributed by atoms with Gasteiger partial charge in [-0.1, -0.05) is 0 Å². The van der Waals surface area contributed by atoms with E-state index in [-0.39, 0.29) is 6.61 Å². The normalized spacial score (nSPS) is 28.3. The van der Waals surface area contributed by atoms with Crippen LogP contribution in [0.15, 0.2) is 21.2 Å². The third-order valence-electron chi connectivity index (χ3n) is 8.23. The first-order chi connectivity index (χ1) is 21.9. The van der Waals surface area contributed by atoms with Crippen LogP contribution in [0.2, 0.25) is 0 Å². The number of aromatic amines is 1. The predicted octanol–water partition coefficient (Wildman–Crippen LogP) is 4.97. The van der Waals surface area contributed by atoms with Crippen molar-refractivity contribution in [3.05, 3.63) is 21.2 Å². The Balaban J connectivity index is 1.44. The molecule has 1 N–H and O–H groups in total. The molecule has 2 heterocycles. The lowest BCUT2D eigenvalue weighted by Gasteiger charge is -2.43.